The lowest BCUT2D eigenvalue weighted by Gasteiger charge is -2.10. The third-order valence-electron chi connectivity index (χ3n) is 3.32. The van der Waals surface area contributed by atoms with E-state index in [9.17, 15) is 4.79 Å². The molecule has 0 spiro atoms. The second kappa shape index (κ2) is 7.02. The molecule has 0 radical (unpaired) electrons. The van der Waals surface area contributed by atoms with Crippen molar-refractivity contribution in [1.82, 2.24) is 15.5 Å². The Morgan fingerprint density at radius 2 is 2.19 bits per heavy atom. The van der Waals surface area contributed by atoms with Gasteiger partial charge in [-0.3, -0.25) is 4.79 Å². The number of hydrogen-bond acceptors (Lipinski definition) is 4. The van der Waals surface area contributed by atoms with E-state index in [0.29, 0.717) is 24.6 Å². The molecule has 1 atom stereocenters. The number of aromatic nitrogens is 2. The molecule has 0 fully saturated rings. The standard InChI is InChI=1S/C16H21N3O2/c1-4-12(3)17-14(20)8-9-15-18-19-16(21-15)13-7-5-6-11(2)10-13/h5-7,10,12H,4,8-9H2,1-3H3,(H,17,20). The van der Waals surface area contributed by atoms with E-state index in [2.05, 4.69) is 15.5 Å². The van der Waals surface area contributed by atoms with Gasteiger partial charge in [0.05, 0.1) is 0 Å². The maximum absolute atomic E-state index is 11.7. The van der Waals surface area contributed by atoms with Gasteiger partial charge in [-0.15, -0.1) is 10.2 Å². The molecule has 1 aromatic carbocycles. The fraction of sp³-hybridized carbons (Fsp3) is 0.438. The summed E-state index contributed by atoms with van der Waals surface area (Å²) < 4.78 is 5.60. The fourth-order valence-corrected chi connectivity index (χ4v) is 1.92. The van der Waals surface area contributed by atoms with Crippen LogP contribution < -0.4 is 5.32 Å². The van der Waals surface area contributed by atoms with E-state index in [1.54, 1.807) is 0 Å². The van der Waals surface area contributed by atoms with Crippen LogP contribution in [0.4, 0.5) is 0 Å². The molecular weight excluding hydrogens is 266 g/mol. The van der Waals surface area contributed by atoms with E-state index in [-0.39, 0.29) is 11.9 Å². The second-order valence-electron chi connectivity index (χ2n) is 5.25. The van der Waals surface area contributed by atoms with Gasteiger partial charge in [-0.05, 0) is 32.4 Å². The van der Waals surface area contributed by atoms with Crippen LogP contribution in [0.25, 0.3) is 11.5 Å². The molecule has 112 valence electrons. The van der Waals surface area contributed by atoms with Gasteiger partial charge >= 0.3 is 0 Å². The normalized spacial score (nSPS) is 12.1. The minimum atomic E-state index is 0.0136. The summed E-state index contributed by atoms with van der Waals surface area (Å²) in [5.41, 5.74) is 2.04. The summed E-state index contributed by atoms with van der Waals surface area (Å²) >= 11 is 0. The highest BCUT2D eigenvalue weighted by Crippen LogP contribution is 2.19. The summed E-state index contributed by atoms with van der Waals surface area (Å²) in [6.07, 6.45) is 1.74. The number of benzene rings is 1. The van der Waals surface area contributed by atoms with Crippen molar-refractivity contribution in [3.63, 3.8) is 0 Å². The first-order valence-corrected chi connectivity index (χ1v) is 7.27. The van der Waals surface area contributed by atoms with Crippen molar-refractivity contribution in [2.24, 2.45) is 0 Å². The van der Waals surface area contributed by atoms with Crippen LogP contribution >= 0.6 is 0 Å². The Morgan fingerprint density at radius 1 is 1.38 bits per heavy atom. The molecule has 0 saturated carbocycles. The summed E-state index contributed by atoms with van der Waals surface area (Å²) in [7, 11) is 0. The molecule has 5 heteroatoms. The number of carbonyl (C=O) groups is 1. The van der Waals surface area contributed by atoms with Gasteiger partial charge in [0.1, 0.15) is 0 Å². The molecule has 1 heterocycles. The van der Waals surface area contributed by atoms with E-state index in [1.807, 2.05) is 45.0 Å². The molecule has 2 aromatic rings. The van der Waals surface area contributed by atoms with Gasteiger partial charge in [0.2, 0.25) is 17.7 Å². The number of carbonyl (C=O) groups excluding carboxylic acids is 1. The Morgan fingerprint density at radius 3 is 2.90 bits per heavy atom. The number of hydrogen-bond donors (Lipinski definition) is 1. The van der Waals surface area contributed by atoms with Crippen LogP contribution in [0, 0.1) is 6.92 Å². The third-order valence-corrected chi connectivity index (χ3v) is 3.32. The average Bonchev–Trinajstić information content (AvgIpc) is 2.94. The van der Waals surface area contributed by atoms with Crippen molar-refractivity contribution >= 4 is 5.91 Å². The molecule has 1 N–H and O–H groups in total. The van der Waals surface area contributed by atoms with Gasteiger partial charge in [-0.1, -0.05) is 24.6 Å². The molecule has 0 saturated heterocycles. The topological polar surface area (TPSA) is 68.0 Å². The lowest BCUT2D eigenvalue weighted by Crippen LogP contribution is -2.32. The molecule has 1 unspecified atom stereocenters. The average molecular weight is 287 g/mol. The molecule has 0 bridgehead atoms. The zero-order valence-corrected chi connectivity index (χ0v) is 12.7. The highest BCUT2D eigenvalue weighted by Gasteiger charge is 2.11. The maximum atomic E-state index is 11.7. The monoisotopic (exact) mass is 287 g/mol. The molecule has 2 rings (SSSR count). The van der Waals surface area contributed by atoms with E-state index in [0.717, 1.165) is 17.5 Å². The number of nitrogens with one attached hydrogen (secondary N) is 1. The van der Waals surface area contributed by atoms with Crippen molar-refractivity contribution in [1.29, 1.82) is 0 Å². The Balaban J connectivity index is 1.93. The summed E-state index contributed by atoms with van der Waals surface area (Å²) in [6.45, 7) is 6.04. The minimum absolute atomic E-state index is 0.0136. The zero-order chi connectivity index (χ0) is 15.2. The Labute approximate surface area is 124 Å². The number of aryl methyl sites for hydroxylation is 2. The van der Waals surface area contributed by atoms with Crippen LogP contribution in [0.5, 0.6) is 0 Å². The maximum Gasteiger partial charge on any atom is 0.247 e. The smallest absolute Gasteiger partial charge is 0.247 e. The van der Waals surface area contributed by atoms with Crippen molar-refractivity contribution in [2.45, 2.75) is 46.1 Å². The summed E-state index contributed by atoms with van der Waals surface area (Å²) in [5.74, 6) is 1.00. The Hall–Kier alpha value is -2.17. The lowest BCUT2D eigenvalue weighted by atomic mass is 10.1. The molecule has 0 aliphatic rings. The summed E-state index contributed by atoms with van der Waals surface area (Å²) in [5, 5.41) is 10.9. The quantitative estimate of drug-likeness (QED) is 0.887. The van der Waals surface area contributed by atoms with Gasteiger partial charge in [0.15, 0.2) is 0 Å². The lowest BCUT2D eigenvalue weighted by molar-refractivity contribution is -0.121. The fourth-order valence-electron chi connectivity index (χ4n) is 1.92. The Kier molecular flexibility index (Phi) is 5.09. The third kappa shape index (κ3) is 4.41. The number of nitrogens with zero attached hydrogens (tertiary/aromatic N) is 2. The molecule has 1 amide bonds. The van der Waals surface area contributed by atoms with Crippen LogP contribution in [-0.2, 0) is 11.2 Å². The largest absolute Gasteiger partial charge is 0.421 e. The Bertz CT molecular complexity index is 607. The van der Waals surface area contributed by atoms with Crippen LogP contribution in [-0.4, -0.2) is 22.1 Å². The van der Waals surface area contributed by atoms with Crippen LogP contribution in [0.1, 0.15) is 38.1 Å². The predicted octanol–water partition coefficient (Wildman–Crippen LogP) is 2.89. The number of rotatable bonds is 6. The first-order chi connectivity index (χ1) is 10.1. The van der Waals surface area contributed by atoms with Crippen molar-refractivity contribution in [3.8, 4) is 11.5 Å². The minimum Gasteiger partial charge on any atom is -0.421 e. The molecule has 5 nitrogen and oxygen atoms in total. The van der Waals surface area contributed by atoms with E-state index in [1.165, 1.54) is 0 Å². The van der Waals surface area contributed by atoms with Crippen molar-refractivity contribution in [3.05, 3.63) is 35.7 Å². The van der Waals surface area contributed by atoms with Crippen molar-refractivity contribution < 1.29 is 9.21 Å². The van der Waals surface area contributed by atoms with Gasteiger partial charge in [-0.2, -0.15) is 0 Å². The highest BCUT2D eigenvalue weighted by atomic mass is 16.4. The van der Waals surface area contributed by atoms with Crippen LogP contribution in [0.2, 0.25) is 0 Å². The van der Waals surface area contributed by atoms with E-state index < -0.39 is 0 Å². The SMILES string of the molecule is CCC(C)NC(=O)CCc1nnc(-c2cccc(C)c2)o1. The number of amides is 1. The van der Waals surface area contributed by atoms with E-state index >= 15 is 0 Å². The molecular formula is C16H21N3O2. The molecule has 21 heavy (non-hydrogen) atoms. The summed E-state index contributed by atoms with van der Waals surface area (Å²) in [6, 6.07) is 8.09. The molecule has 0 aliphatic heterocycles. The molecule has 0 aliphatic carbocycles. The second-order valence-corrected chi connectivity index (χ2v) is 5.25. The van der Waals surface area contributed by atoms with Crippen LogP contribution in [0.15, 0.2) is 28.7 Å². The van der Waals surface area contributed by atoms with Gasteiger partial charge in [0, 0.05) is 24.4 Å². The first kappa shape index (κ1) is 15.2. The molecule has 1 aromatic heterocycles. The van der Waals surface area contributed by atoms with Crippen LogP contribution in [0.3, 0.4) is 0 Å². The highest BCUT2D eigenvalue weighted by molar-refractivity contribution is 5.76. The first-order valence-electron chi connectivity index (χ1n) is 7.27. The zero-order valence-electron chi connectivity index (χ0n) is 12.7. The van der Waals surface area contributed by atoms with E-state index in [4.69, 9.17) is 4.42 Å². The predicted molar refractivity (Wildman–Crippen MR) is 80.7 cm³/mol. The summed E-state index contributed by atoms with van der Waals surface area (Å²) in [4.78, 5) is 11.7. The van der Waals surface area contributed by atoms with Crippen molar-refractivity contribution in [2.75, 3.05) is 0 Å². The van der Waals surface area contributed by atoms with Gasteiger partial charge < -0.3 is 9.73 Å². The van der Waals surface area contributed by atoms with Gasteiger partial charge in [-0.25, -0.2) is 0 Å². The van der Waals surface area contributed by atoms with Gasteiger partial charge in [0.25, 0.3) is 0 Å².